The first-order chi connectivity index (χ1) is 20.5. The predicted molar refractivity (Wildman–Crippen MR) is 174 cm³/mol. The zero-order chi connectivity index (χ0) is 28.5. The van der Waals surface area contributed by atoms with Crippen molar-refractivity contribution in [2.75, 3.05) is 4.90 Å². The predicted octanol–water partition coefficient (Wildman–Crippen LogP) is 9.96. The second-order valence-electron chi connectivity index (χ2n) is 11.3. The van der Waals surface area contributed by atoms with Crippen molar-refractivity contribution < 1.29 is 22.4 Å². The molecule has 4 heteroatoms. The fourth-order valence-electron chi connectivity index (χ4n) is 6.55. The molecule has 0 spiro atoms. The molecule has 3 heterocycles. The Bertz CT molecular complexity index is 2190. The molecule has 0 N–H and O–H groups in total. The molecule has 0 unspecified atom stereocenters. The number of aromatic nitrogens is 2. The second-order valence-corrected chi connectivity index (χ2v) is 11.3. The molecule has 0 saturated carbocycles. The summed E-state index contributed by atoms with van der Waals surface area (Å²) >= 11 is 0. The van der Waals surface area contributed by atoms with Gasteiger partial charge in [0, 0.05) is 17.1 Å². The van der Waals surface area contributed by atoms with Crippen LogP contribution in [0.4, 0.5) is 17.2 Å². The first kappa shape index (κ1) is 27.4. The number of hydrogen-bond donors (Lipinski definition) is 0. The van der Waals surface area contributed by atoms with Gasteiger partial charge in [0.2, 0.25) is 0 Å². The summed E-state index contributed by atoms with van der Waals surface area (Å²) in [5.41, 5.74) is 14.9. The van der Waals surface area contributed by atoms with Crippen LogP contribution in [0.5, 0.6) is 0 Å². The van der Waals surface area contributed by atoms with E-state index in [1.165, 1.54) is 16.7 Å². The van der Waals surface area contributed by atoms with Crippen molar-refractivity contribution in [1.82, 2.24) is 9.97 Å². The van der Waals surface area contributed by atoms with Crippen LogP contribution >= 0.6 is 0 Å². The standard InChI is InChI=1S/C39H28N3.Au/c1-23-19-24(2)32-21-31(23)30-14-8-13-28-29-15-9-17-36(39(29)41-38(28)30)42(27-11-6-5-7-12-27)37-18-10-16-35(40-37)34-22-33(32)25(3)20-26(34)4;/h5-20H,1-4H3;/q-3;+3. The maximum atomic E-state index is 5.38. The molecule has 0 aliphatic carbocycles. The molecule has 5 aromatic carbocycles. The Kier molecular flexibility index (Phi) is 6.63. The van der Waals surface area contributed by atoms with Crippen molar-refractivity contribution in [2.45, 2.75) is 27.7 Å². The van der Waals surface area contributed by atoms with E-state index in [0.29, 0.717) is 0 Å². The van der Waals surface area contributed by atoms with Crippen LogP contribution in [-0.2, 0) is 22.4 Å². The fraction of sp³-hybridized carbons (Fsp3) is 0.103. The van der Waals surface area contributed by atoms with Crippen molar-refractivity contribution >= 4 is 39.0 Å². The van der Waals surface area contributed by atoms with Crippen molar-refractivity contribution in [3.63, 3.8) is 0 Å². The van der Waals surface area contributed by atoms with Gasteiger partial charge in [-0.3, -0.25) is 9.88 Å². The molecule has 3 nitrogen and oxygen atoms in total. The third-order valence-corrected chi connectivity index (χ3v) is 8.50. The number of benzene rings is 5. The monoisotopic (exact) mass is 735 g/mol. The first-order valence-electron chi connectivity index (χ1n) is 14.4. The Morgan fingerprint density at radius 1 is 0.581 bits per heavy atom. The largest absolute Gasteiger partial charge is 3.00 e. The van der Waals surface area contributed by atoms with E-state index in [9.17, 15) is 0 Å². The van der Waals surface area contributed by atoms with Crippen LogP contribution in [0.2, 0.25) is 0 Å². The van der Waals surface area contributed by atoms with Crippen LogP contribution in [-0.4, -0.2) is 4.98 Å². The first-order valence-corrected chi connectivity index (χ1v) is 14.4. The average Bonchev–Trinajstić information content (AvgIpc) is 3.38. The van der Waals surface area contributed by atoms with Gasteiger partial charge in [0.05, 0.1) is 0 Å². The quantitative estimate of drug-likeness (QED) is 0.124. The average molecular weight is 736 g/mol. The molecule has 0 radical (unpaired) electrons. The maximum Gasteiger partial charge on any atom is 3.00 e. The number of pyridine rings is 1. The smallest absolute Gasteiger partial charge is 0.661 e. The molecule has 210 valence electrons. The van der Waals surface area contributed by atoms with Gasteiger partial charge >= 0.3 is 22.4 Å². The van der Waals surface area contributed by atoms with Crippen molar-refractivity contribution in [3.8, 4) is 33.5 Å². The summed E-state index contributed by atoms with van der Waals surface area (Å²) in [7, 11) is 0. The Morgan fingerprint density at radius 3 is 1.93 bits per heavy atom. The third-order valence-electron chi connectivity index (χ3n) is 8.50. The molecule has 1 aliphatic heterocycles. The molecule has 8 rings (SSSR count). The molecule has 1 aliphatic rings. The third kappa shape index (κ3) is 4.27. The number of anilines is 3. The summed E-state index contributed by atoms with van der Waals surface area (Å²) in [5.74, 6) is 0.836. The van der Waals surface area contributed by atoms with Crippen LogP contribution < -0.4 is 9.88 Å². The molecule has 0 amide bonds. The number of aryl methyl sites for hydroxylation is 4. The van der Waals surface area contributed by atoms with Crippen LogP contribution in [0, 0.1) is 39.8 Å². The van der Waals surface area contributed by atoms with Gasteiger partial charge in [-0.1, -0.05) is 93.9 Å². The van der Waals surface area contributed by atoms with E-state index >= 15 is 0 Å². The van der Waals surface area contributed by atoms with E-state index in [2.05, 4.69) is 136 Å². The zero-order valence-corrected chi connectivity index (χ0v) is 26.5. The Hall–Kier alpha value is -4.41. The van der Waals surface area contributed by atoms with Crippen LogP contribution in [0.1, 0.15) is 22.3 Å². The number of para-hydroxylation sites is 3. The summed E-state index contributed by atoms with van der Waals surface area (Å²) in [6, 6.07) is 41.8. The second kappa shape index (κ2) is 10.4. The summed E-state index contributed by atoms with van der Waals surface area (Å²) in [4.78, 5) is 12.9. The van der Waals surface area contributed by atoms with Gasteiger partial charge in [-0.25, -0.2) is 0 Å². The summed E-state index contributed by atoms with van der Waals surface area (Å²) in [5, 5.41) is 2.27. The van der Waals surface area contributed by atoms with E-state index in [1.54, 1.807) is 0 Å². The maximum absolute atomic E-state index is 5.38. The molecule has 7 aromatic rings. The topological polar surface area (TPSA) is 30.2 Å². The summed E-state index contributed by atoms with van der Waals surface area (Å²) in [6.07, 6.45) is 0. The molecular formula is C39H28AuN3. The number of fused-ring (bicyclic) bond motifs is 10. The van der Waals surface area contributed by atoms with Gasteiger partial charge in [-0.15, -0.1) is 51.0 Å². The Labute approximate surface area is 267 Å². The van der Waals surface area contributed by atoms with Gasteiger partial charge in [-0.05, 0) is 35.0 Å². The minimum absolute atomic E-state index is 0. The molecule has 43 heavy (non-hydrogen) atoms. The minimum Gasteiger partial charge on any atom is -0.661 e. The molecule has 8 bridgehead atoms. The SMILES string of the molecule is Cc1cc(C)c2[c-]c1-c1cccc(n1)N(c1ccccc1)c1cccc3c1[n-]c1c(cccc13)-c1[c-]c-2c(C)cc1C.[Au+3]. The van der Waals surface area contributed by atoms with Crippen LogP contribution in [0.15, 0.2) is 97.1 Å². The fourth-order valence-corrected chi connectivity index (χ4v) is 6.55. The van der Waals surface area contributed by atoms with Crippen LogP contribution in [0.3, 0.4) is 0 Å². The van der Waals surface area contributed by atoms with Crippen molar-refractivity contribution in [3.05, 3.63) is 131 Å². The van der Waals surface area contributed by atoms with Crippen molar-refractivity contribution in [1.29, 1.82) is 0 Å². The number of nitrogens with zero attached hydrogens (tertiary/aromatic N) is 3. The number of hydrogen-bond acceptors (Lipinski definition) is 2. The van der Waals surface area contributed by atoms with Gasteiger partial charge in [0.25, 0.3) is 0 Å². The normalized spacial score (nSPS) is 12.0. The van der Waals surface area contributed by atoms with Crippen LogP contribution in [0.25, 0.3) is 55.3 Å². The van der Waals surface area contributed by atoms with E-state index in [-0.39, 0.29) is 22.4 Å². The summed E-state index contributed by atoms with van der Waals surface area (Å²) < 4.78 is 0. The van der Waals surface area contributed by atoms with Gasteiger partial charge in [0.1, 0.15) is 5.82 Å². The minimum atomic E-state index is 0. The Balaban J connectivity index is 0.00000300. The van der Waals surface area contributed by atoms with E-state index in [1.807, 2.05) is 6.07 Å². The van der Waals surface area contributed by atoms with E-state index in [0.717, 1.165) is 78.1 Å². The Morgan fingerprint density at radius 2 is 1.19 bits per heavy atom. The molecule has 0 saturated heterocycles. The molecular weight excluding hydrogens is 707 g/mol. The van der Waals surface area contributed by atoms with Crippen molar-refractivity contribution in [2.24, 2.45) is 0 Å². The molecule has 0 fully saturated rings. The summed E-state index contributed by atoms with van der Waals surface area (Å²) in [6.45, 7) is 8.65. The molecule has 0 atom stereocenters. The zero-order valence-electron chi connectivity index (χ0n) is 24.4. The number of rotatable bonds is 1. The van der Waals surface area contributed by atoms with Gasteiger partial charge in [-0.2, -0.15) is 28.8 Å². The van der Waals surface area contributed by atoms with Gasteiger partial charge < -0.3 is 4.98 Å². The van der Waals surface area contributed by atoms with E-state index < -0.39 is 0 Å². The van der Waals surface area contributed by atoms with E-state index in [4.69, 9.17) is 9.97 Å². The van der Waals surface area contributed by atoms with Gasteiger partial charge in [0.15, 0.2) is 0 Å². The molecule has 2 aromatic heterocycles.